The van der Waals surface area contributed by atoms with Crippen molar-refractivity contribution in [3.8, 4) is 5.75 Å². The number of hydrogen-bond donors (Lipinski definition) is 0. The van der Waals surface area contributed by atoms with Crippen LogP contribution in [-0.2, 0) is 11.2 Å². The fourth-order valence-electron chi connectivity index (χ4n) is 4.66. The van der Waals surface area contributed by atoms with Gasteiger partial charge in [-0.3, -0.25) is 14.6 Å². The first-order valence-electron chi connectivity index (χ1n) is 12.0. The van der Waals surface area contributed by atoms with Gasteiger partial charge < -0.3 is 14.5 Å². The van der Waals surface area contributed by atoms with Crippen LogP contribution < -0.4 is 4.74 Å². The Labute approximate surface area is 200 Å². The fourth-order valence-corrected chi connectivity index (χ4v) is 4.77. The zero-order valence-electron chi connectivity index (χ0n) is 19.0. The molecule has 1 aliphatic carbocycles. The van der Waals surface area contributed by atoms with Gasteiger partial charge in [0.15, 0.2) is 0 Å². The molecule has 0 bridgehead atoms. The summed E-state index contributed by atoms with van der Waals surface area (Å²) in [5.41, 5.74) is 1.33. The molecule has 0 atom stereocenters. The van der Waals surface area contributed by atoms with Crippen LogP contribution in [0.4, 0.5) is 0 Å². The maximum Gasteiger partial charge on any atom is 0.254 e. The number of piperazine rings is 1. The first-order valence-corrected chi connectivity index (χ1v) is 12.4. The third kappa shape index (κ3) is 6.70. The molecule has 0 spiro atoms. The highest BCUT2D eigenvalue weighted by molar-refractivity contribution is 6.30. The Morgan fingerprint density at radius 2 is 1.76 bits per heavy atom. The van der Waals surface area contributed by atoms with Gasteiger partial charge in [-0.15, -0.1) is 0 Å². The number of carbonyl (C=O) groups excluding carboxylic acids is 2. The second-order valence-electron chi connectivity index (χ2n) is 8.99. The number of ether oxygens (including phenoxy) is 1. The summed E-state index contributed by atoms with van der Waals surface area (Å²) >= 11 is 5.86. The minimum Gasteiger partial charge on any atom is -0.494 e. The molecule has 0 unspecified atom stereocenters. The van der Waals surface area contributed by atoms with Crippen LogP contribution in [0.5, 0.6) is 5.75 Å². The molecule has 2 fully saturated rings. The highest BCUT2D eigenvalue weighted by atomic mass is 35.5. The van der Waals surface area contributed by atoms with Crippen molar-refractivity contribution in [1.82, 2.24) is 14.8 Å². The van der Waals surface area contributed by atoms with Gasteiger partial charge in [-0.1, -0.05) is 49.8 Å². The van der Waals surface area contributed by atoms with Crippen LogP contribution in [-0.4, -0.2) is 59.4 Å². The van der Waals surface area contributed by atoms with Gasteiger partial charge in [-0.2, -0.15) is 0 Å². The monoisotopic (exact) mass is 469 g/mol. The molecule has 2 aromatic rings. The van der Waals surface area contributed by atoms with E-state index in [0.29, 0.717) is 49.1 Å². The molecule has 176 valence electrons. The maximum atomic E-state index is 13.0. The number of carbonyl (C=O) groups is 2. The average molecular weight is 470 g/mol. The van der Waals surface area contributed by atoms with Gasteiger partial charge in [0.05, 0.1) is 18.1 Å². The smallest absolute Gasteiger partial charge is 0.254 e. The molecule has 2 heterocycles. The van der Waals surface area contributed by atoms with Gasteiger partial charge in [0.2, 0.25) is 5.91 Å². The standard InChI is InChI=1S/C26H32ClN3O3/c27-22-9-10-23(28-19-22)18-25(31)29-12-14-30(15-13-29)26(32)21-7-4-8-24(17-21)33-16-11-20-5-2-1-3-6-20/h4,7-10,17,19-20H,1-3,5-6,11-16,18H2. The third-order valence-electron chi connectivity index (χ3n) is 6.64. The summed E-state index contributed by atoms with van der Waals surface area (Å²) in [4.78, 5) is 33.4. The van der Waals surface area contributed by atoms with E-state index >= 15 is 0 Å². The van der Waals surface area contributed by atoms with Gasteiger partial charge in [-0.05, 0) is 42.7 Å². The van der Waals surface area contributed by atoms with Crippen molar-refractivity contribution in [3.05, 3.63) is 58.9 Å². The third-order valence-corrected chi connectivity index (χ3v) is 6.86. The molecule has 0 radical (unpaired) electrons. The number of nitrogens with zero attached hydrogens (tertiary/aromatic N) is 3. The van der Waals surface area contributed by atoms with Gasteiger partial charge in [0.25, 0.3) is 5.91 Å². The minimum atomic E-state index is -0.0146. The number of hydrogen-bond acceptors (Lipinski definition) is 4. The Hall–Kier alpha value is -2.60. The maximum absolute atomic E-state index is 13.0. The van der Waals surface area contributed by atoms with Gasteiger partial charge in [-0.25, -0.2) is 0 Å². The van der Waals surface area contributed by atoms with E-state index in [1.54, 1.807) is 23.2 Å². The zero-order valence-corrected chi connectivity index (χ0v) is 19.8. The largest absolute Gasteiger partial charge is 0.494 e. The van der Waals surface area contributed by atoms with Gasteiger partial charge in [0.1, 0.15) is 5.75 Å². The molecule has 1 saturated heterocycles. The van der Waals surface area contributed by atoms with Crippen molar-refractivity contribution >= 4 is 23.4 Å². The predicted octanol–water partition coefficient (Wildman–Crippen LogP) is 4.61. The zero-order chi connectivity index (χ0) is 23.0. The van der Waals surface area contributed by atoms with Crippen LogP contribution in [0, 0.1) is 5.92 Å². The van der Waals surface area contributed by atoms with Crippen LogP contribution in [0.15, 0.2) is 42.6 Å². The number of rotatable bonds is 7. The molecule has 0 N–H and O–H groups in total. The minimum absolute atomic E-state index is 0.0146. The predicted molar refractivity (Wildman–Crippen MR) is 129 cm³/mol. The number of halogens is 1. The summed E-state index contributed by atoms with van der Waals surface area (Å²) in [6, 6.07) is 11.0. The summed E-state index contributed by atoms with van der Waals surface area (Å²) in [5.74, 6) is 1.53. The van der Waals surface area contributed by atoms with E-state index < -0.39 is 0 Å². The quantitative estimate of drug-likeness (QED) is 0.594. The van der Waals surface area contributed by atoms with E-state index in [1.807, 2.05) is 29.2 Å². The second-order valence-corrected chi connectivity index (χ2v) is 9.42. The first-order chi connectivity index (χ1) is 16.1. The molecular weight excluding hydrogens is 438 g/mol. The summed E-state index contributed by atoms with van der Waals surface area (Å²) in [6.07, 6.45) is 9.54. The Morgan fingerprint density at radius 1 is 1.00 bits per heavy atom. The normalized spacial score (nSPS) is 17.1. The van der Waals surface area contributed by atoms with E-state index in [-0.39, 0.29) is 18.2 Å². The topological polar surface area (TPSA) is 62.7 Å². The second kappa shape index (κ2) is 11.5. The fraction of sp³-hybridized carbons (Fsp3) is 0.500. The average Bonchev–Trinajstić information content (AvgIpc) is 2.86. The number of pyridine rings is 1. The Kier molecular flexibility index (Phi) is 8.21. The van der Waals surface area contributed by atoms with Crippen molar-refractivity contribution in [3.63, 3.8) is 0 Å². The Morgan fingerprint density at radius 3 is 2.48 bits per heavy atom. The molecule has 2 amide bonds. The van der Waals surface area contributed by atoms with Gasteiger partial charge >= 0.3 is 0 Å². The molecule has 7 heteroatoms. The summed E-state index contributed by atoms with van der Waals surface area (Å²) in [7, 11) is 0. The lowest BCUT2D eigenvalue weighted by Crippen LogP contribution is -2.51. The Balaban J connectivity index is 1.24. The molecule has 1 aromatic carbocycles. The van der Waals surface area contributed by atoms with Crippen LogP contribution >= 0.6 is 11.6 Å². The summed E-state index contributed by atoms with van der Waals surface area (Å²) in [5, 5.41) is 0.553. The Bertz CT molecular complexity index is 936. The molecule has 6 nitrogen and oxygen atoms in total. The van der Waals surface area contributed by atoms with Crippen LogP contribution in [0.3, 0.4) is 0 Å². The molecule has 1 aromatic heterocycles. The van der Waals surface area contributed by atoms with E-state index in [2.05, 4.69) is 4.98 Å². The lowest BCUT2D eigenvalue weighted by molar-refractivity contribution is -0.132. The first kappa shape index (κ1) is 23.6. The molecule has 2 aliphatic rings. The lowest BCUT2D eigenvalue weighted by Gasteiger charge is -2.35. The number of benzene rings is 1. The molecule has 1 saturated carbocycles. The number of amides is 2. The summed E-state index contributed by atoms with van der Waals surface area (Å²) < 4.78 is 5.96. The number of aromatic nitrogens is 1. The summed E-state index contributed by atoms with van der Waals surface area (Å²) in [6.45, 7) is 2.79. The highest BCUT2D eigenvalue weighted by Crippen LogP contribution is 2.26. The van der Waals surface area contributed by atoms with Crippen LogP contribution in [0.1, 0.15) is 54.6 Å². The van der Waals surface area contributed by atoms with E-state index in [4.69, 9.17) is 16.3 Å². The van der Waals surface area contributed by atoms with Crippen molar-refractivity contribution in [1.29, 1.82) is 0 Å². The van der Waals surface area contributed by atoms with Crippen LogP contribution in [0.2, 0.25) is 5.02 Å². The molecular formula is C26H32ClN3O3. The lowest BCUT2D eigenvalue weighted by atomic mass is 9.87. The van der Waals surface area contributed by atoms with E-state index in [9.17, 15) is 9.59 Å². The van der Waals surface area contributed by atoms with Crippen molar-refractivity contribution in [2.75, 3.05) is 32.8 Å². The van der Waals surface area contributed by atoms with Crippen molar-refractivity contribution in [2.24, 2.45) is 5.92 Å². The van der Waals surface area contributed by atoms with Crippen LogP contribution in [0.25, 0.3) is 0 Å². The van der Waals surface area contributed by atoms with Gasteiger partial charge in [0, 0.05) is 43.6 Å². The molecule has 33 heavy (non-hydrogen) atoms. The van der Waals surface area contributed by atoms with E-state index in [1.165, 1.54) is 32.1 Å². The molecule has 1 aliphatic heterocycles. The SMILES string of the molecule is O=C(Cc1ccc(Cl)cn1)N1CCN(C(=O)c2cccc(OCCC3CCCCC3)c2)CC1. The highest BCUT2D eigenvalue weighted by Gasteiger charge is 2.25. The van der Waals surface area contributed by atoms with Crippen molar-refractivity contribution in [2.45, 2.75) is 44.9 Å². The van der Waals surface area contributed by atoms with Crippen molar-refractivity contribution < 1.29 is 14.3 Å². The van der Waals surface area contributed by atoms with E-state index in [0.717, 1.165) is 18.1 Å². The molecule has 4 rings (SSSR count).